The molecule has 0 aromatic carbocycles. The van der Waals surface area contributed by atoms with Crippen LogP contribution >= 0.6 is 11.6 Å². The molecule has 3 fully saturated rings. The lowest BCUT2D eigenvalue weighted by molar-refractivity contribution is -0.309. The van der Waals surface area contributed by atoms with Crippen molar-refractivity contribution in [2.45, 2.75) is 373 Å². The molecule has 17 heteroatoms. The molecule has 0 radical (unpaired) electrons. The molecule has 0 unspecified atom stereocenters. The van der Waals surface area contributed by atoms with Gasteiger partial charge in [0.25, 0.3) is 0 Å². The first-order chi connectivity index (χ1) is 42.1. The molecule has 1 amide bonds. The van der Waals surface area contributed by atoms with Crippen LogP contribution in [-0.4, -0.2) is 114 Å². The Kier molecular flexibility index (Phi) is 39.0. The maximum atomic E-state index is 15.3. The lowest BCUT2D eigenvalue weighted by atomic mass is 9.98. The van der Waals surface area contributed by atoms with Gasteiger partial charge in [0.15, 0.2) is 41.2 Å². The summed E-state index contributed by atoms with van der Waals surface area (Å²) < 4.78 is 50.4. The van der Waals surface area contributed by atoms with E-state index in [0.29, 0.717) is 19.3 Å². The van der Waals surface area contributed by atoms with Crippen molar-refractivity contribution in [3.63, 3.8) is 0 Å². The van der Waals surface area contributed by atoms with E-state index < -0.39 is 102 Å². The minimum Gasteiger partial charge on any atom is -0.463 e. The lowest BCUT2D eigenvalue weighted by Crippen LogP contribution is -2.64. The summed E-state index contributed by atoms with van der Waals surface area (Å²) in [5.74, 6) is -0.199. The van der Waals surface area contributed by atoms with Crippen LogP contribution in [0.5, 0.6) is 0 Å². The van der Waals surface area contributed by atoms with E-state index in [1.165, 1.54) is 181 Å². The van der Waals surface area contributed by atoms with Crippen molar-refractivity contribution in [1.82, 2.24) is 5.32 Å². The lowest BCUT2D eigenvalue weighted by Gasteiger charge is -2.45. The zero-order valence-corrected chi connectivity index (χ0v) is 62.0. The predicted molar refractivity (Wildman–Crippen MR) is 366 cm³/mol. The number of halogens is 1. The van der Waals surface area contributed by atoms with Gasteiger partial charge in [-0.3, -0.25) is 24.0 Å². The number of alkyl halides is 1. The topological polar surface area (TPSA) is 171 Å². The monoisotopic (exact) mass is 1310 g/mol. The molecule has 1 N–H and O–H groups in total. The molecule has 12 atom stereocenters. The van der Waals surface area contributed by atoms with Gasteiger partial charge in [-0.15, -0.1) is 11.6 Å². The molecule has 3 aliphatic rings. The molecule has 1 heterocycles. The van der Waals surface area contributed by atoms with Gasteiger partial charge in [0, 0.05) is 20.8 Å². The van der Waals surface area contributed by atoms with Crippen LogP contribution in [0.15, 0.2) is 12.2 Å². The highest BCUT2D eigenvalue weighted by molar-refractivity contribution is 6.74. The highest BCUT2D eigenvalue weighted by Gasteiger charge is 2.54. The number of hydrogen-bond donors (Lipinski definition) is 1. The molecule has 0 aromatic heterocycles. The van der Waals surface area contributed by atoms with E-state index >= 15 is 4.79 Å². The van der Waals surface area contributed by atoms with Crippen LogP contribution in [0.3, 0.4) is 0 Å². The fraction of sp³-hybridized carbons (Fsp3) is 0.903. The Hall–Kier alpha value is -2.35. The zero-order valence-electron chi connectivity index (χ0n) is 59.2. The van der Waals surface area contributed by atoms with Gasteiger partial charge in [-0.25, -0.2) is 0 Å². The zero-order chi connectivity index (χ0) is 66.0. The van der Waals surface area contributed by atoms with Gasteiger partial charge in [0.2, 0.25) is 5.91 Å². The van der Waals surface area contributed by atoms with Crippen molar-refractivity contribution in [3.05, 3.63) is 12.2 Å². The Balaban J connectivity index is 1.87. The SMILES string of the molecule is CCCCCCCCCC[C@@H]1C[C@@H]1CCCC/C=C\CC[C@@H](O[Si](C)(C)C(C)(C)C)C(=O)N[C@@H](CO[C@@H]1O[C@H](COC(C)=O)[C@@H](OC(C)=O)[C@H](OC(C)=O)[C@H]1OC(=O)CCl)[C@@H](CCCCCCC[C@H]1C[C@H]1CCCCCCCCCC)O[Si](C)(C)C(C)(C)C. The smallest absolute Gasteiger partial charge is 0.321 e. The fourth-order valence-corrected chi connectivity index (χ4v) is 15.0. The maximum Gasteiger partial charge on any atom is 0.321 e. The third-order valence-corrected chi connectivity index (χ3v) is 29.3. The standard InChI is InChI=1S/C72H132ClNO13Si2/c1-16-18-20-22-24-26-31-37-43-57-49-59(57)45-39-33-28-29-35-42-48-63(87-89(14,15)72(9,10)11)69(79)74-61(52-81-70-68(85-65(78)51-73)67(83-56(5)77)66(82-55(4)76)64(84-70)53-80-54(3)75)62(86-88(12,13)71(6,7)8)47-41-36-30-34-40-46-60-50-58(60)44-38-32-27-25-23-21-19-17-2/h29,35,57-64,66-68,70H,16-28,30-34,36-53H2,1-15H3,(H,74,79)/b35-29-/t57-,58-,59+,60+,61+,62-,63-,64-,66-,67+,68-,70-/m1/s1. The third kappa shape index (κ3) is 33.1. The summed E-state index contributed by atoms with van der Waals surface area (Å²) in [6, 6.07) is -0.782. The quantitative estimate of drug-likeness (QED) is 0.0152. The number of hydrogen-bond acceptors (Lipinski definition) is 13. The van der Waals surface area contributed by atoms with E-state index in [0.717, 1.165) is 55.8 Å². The number of rotatable bonds is 50. The highest BCUT2D eigenvalue weighted by atomic mass is 35.5. The molecule has 3 rings (SSSR count). The number of ether oxygens (including phenoxy) is 6. The number of nitrogens with one attached hydrogen (secondary N) is 1. The van der Waals surface area contributed by atoms with E-state index in [-0.39, 0.29) is 22.6 Å². The molecule has 0 spiro atoms. The first-order valence-corrected chi connectivity index (χ1v) is 42.3. The normalized spacial score (nSPS) is 23.2. The van der Waals surface area contributed by atoms with Crippen LogP contribution in [0.25, 0.3) is 0 Å². The predicted octanol–water partition coefficient (Wildman–Crippen LogP) is 18.5. The number of allylic oxidation sites excluding steroid dienone is 2. The minimum atomic E-state index is -2.55. The molecular formula is C72H132ClNO13Si2. The Morgan fingerprint density at radius 1 is 0.539 bits per heavy atom. The van der Waals surface area contributed by atoms with Gasteiger partial charge in [-0.2, -0.15) is 0 Å². The Morgan fingerprint density at radius 3 is 1.44 bits per heavy atom. The van der Waals surface area contributed by atoms with Crippen molar-refractivity contribution >= 4 is 58.0 Å². The van der Waals surface area contributed by atoms with Gasteiger partial charge in [0.05, 0.1) is 18.8 Å². The summed E-state index contributed by atoms with van der Waals surface area (Å²) in [5.41, 5.74) is 0. The summed E-state index contributed by atoms with van der Waals surface area (Å²) in [6.07, 6.45) is 36.8. The minimum absolute atomic E-state index is 0.182. The van der Waals surface area contributed by atoms with Gasteiger partial charge in [0.1, 0.15) is 24.7 Å². The highest BCUT2D eigenvalue weighted by Crippen LogP contribution is 2.47. The van der Waals surface area contributed by atoms with Gasteiger partial charge >= 0.3 is 23.9 Å². The number of carbonyl (C=O) groups excluding carboxylic acids is 5. The van der Waals surface area contributed by atoms with E-state index in [1.807, 2.05) is 0 Å². The van der Waals surface area contributed by atoms with Crippen LogP contribution in [0.4, 0.5) is 0 Å². The second-order valence-corrected chi connectivity index (χ2v) is 39.8. The van der Waals surface area contributed by atoms with E-state index in [9.17, 15) is 19.2 Å². The van der Waals surface area contributed by atoms with Crippen LogP contribution < -0.4 is 5.32 Å². The molecule has 14 nitrogen and oxygen atoms in total. The molecule has 89 heavy (non-hydrogen) atoms. The summed E-state index contributed by atoms with van der Waals surface area (Å²) in [7, 11) is -5.07. The van der Waals surface area contributed by atoms with Crippen molar-refractivity contribution in [2.24, 2.45) is 23.7 Å². The number of esters is 4. The van der Waals surface area contributed by atoms with Gasteiger partial charge in [-0.1, -0.05) is 234 Å². The first-order valence-electron chi connectivity index (χ1n) is 36.0. The second kappa shape index (κ2) is 42.9. The average molecular weight is 1310 g/mol. The number of amides is 1. The third-order valence-electron chi connectivity index (χ3n) is 20.0. The number of carbonyl (C=O) groups is 5. The summed E-state index contributed by atoms with van der Waals surface area (Å²) in [6.45, 7) is 29.4. The molecular weight excluding hydrogens is 1180 g/mol. The van der Waals surface area contributed by atoms with Gasteiger partial charge < -0.3 is 42.6 Å². The summed E-state index contributed by atoms with van der Waals surface area (Å²) in [4.78, 5) is 66.2. The van der Waals surface area contributed by atoms with E-state index in [4.69, 9.17) is 48.9 Å². The van der Waals surface area contributed by atoms with E-state index in [2.05, 4.69) is 99.0 Å². The molecule has 1 saturated heterocycles. The molecule has 2 aliphatic carbocycles. The van der Waals surface area contributed by atoms with Crippen molar-refractivity contribution in [1.29, 1.82) is 0 Å². The largest absolute Gasteiger partial charge is 0.463 e. The Labute approximate surface area is 550 Å². The Bertz CT molecular complexity index is 2030. The van der Waals surface area contributed by atoms with Gasteiger partial charge in [-0.05, 0) is 105 Å². The number of unbranched alkanes of at least 4 members (excludes halogenated alkanes) is 20. The molecule has 2 saturated carbocycles. The summed E-state index contributed by atoms with van der Waals surface area (Å²) in [5, 5.41) is 3.06. The van der Waals surface area contributed by atoms with Crippen molar-refractivity contribution in [3.8, 4) is 0 Å². The first kappa shape index (κ1) is 80.9. The molecule has 0 aromatic rings. The van der Waals surface area contributed by atoms with Crippen LogP contribution in [0, 0.1) is 23.7 Å². The maximum absolute atomic E-state index is 15.3. The van der Waals surface area contributed by atoms with Crippen molar-refractivity contribution in [2.75, 3.05) is 19.1 Å². The van der Waals surface area contributed by atoms with Crippen molar-refractivity contribution < 1.29 is 61.2 Å². The van der Waals surface area contributed by atoms with Crippen LogP contribution in [-0.2, 0) is 61.2 Å². The second-order valence-electron chi connectivity index (χ2n) is 30.0. The van der Waals surface area contributed by atoms with E-state index in [1.54, 1.807) is 0 Å². The fourth-order valence-electron chi connectivity index (χ4n) is 12.3. The molecule has 0 bridgehead atoms. The Morgan fingerprint density at radius 2 is 0.978 bits per heavy atom. The molecule has 518 valence electrons. The average Bonchev–Trinajstić information content (AvgIpc) is 2.06. The van der Waals surface area contributed by atoms with Crippen LogP contribution in [0.1, 0.15) is 288 Å². The van der Waals surface area contributed by atoms with Crippen LogP contribution in [0.2, 0.25) is 36.3 Å². The molecule has 1 aliphatic heterocycles. The summed E-state index contributed by atoms with van der Waals surface area (Å²) >= 11 is 6.03.